The molecule has 0 aliphatic carbocycles. The molecule has 7 rings (SSSR count). The minimum absolute atomic E-state index is 0.320. The van der Waals surface area contributed by atoms with Crippen molar-refractivity contribution in [3.8, 4) is 5.75 Å². The van der Waals surface area contributed by atoms with Gasteiger partial charge in [-0.15, -0.1) is 0 Å². The third-order valence-corrected chi connectivity index (χ3v) is 7.58. The number of rotatable bonds is 5. The van der Waals surface area contributed by atoms with E-state index in [2.05, 4.69) is 0 Å². The number of imide groups is 1. The maximum Gasteiger partial charge on any atom is 0.343 e. The molecule has 0 unspecified atom stereocenters. The minimum Gasteiger partial charge on any atom is -0.423 e. The Morgan fingerprint density at radius 1 is 0.683 bits per heavy atom. The molecule has 2 aliphatic rings. The maximum absolute atomic E-state index is 14.1. The monoisotopic (exact) mass is 540 g/mol. The molecule has 0 saturated carbocycles. The second-order valence-corrected chi connectivity index (χ2v) is 9.99. The lowest BCUT2D eigenvalue weighted by Crippen LogP contribution is -2.37. The molecule has 0 bridgehead atoms. The van der Waals surface area contributed by atoms with Gasteiger partial charge >= 0.3 is 5.97 Å². The second-order valence-electron chi connectivity index (χ2n) is 9.99. The lowest BCUT2D eigenvalue weighted by Gasteiger charge is -2.29. The van der Waals surface area contributed by atoms with Crippen LogP contribution in [0.1, 0.15) is 22.0 Å². The van der Waals surface area contributed by atoms with E-state index in [-0.39, 0.29) is 5.91 Å². The molecule has 7 heteroatoms. The molecule has 5 aromatic carbocycles. The van der Waals surface area contributed by atoms with Gasteiger partial charge in [-0.05, 0) is 53.4 Å². The van der Waals surface area contributed by atoms with Crippen molar-refractivity contribution < 1.29 is 24.0 Å². The molecule has 2 amide bonds. The van der Waals surface area contributed by atoms with E-state index in [1.807, 2.05) is 72.8 Å². The number of para-hydroxylation sites is 1. The Labute approximate surface area is 236 Å². The number of carbonyl (C=O) groups excluding carboxylic acids is 3. The van der Waals surface area contributed by atoms with Crippen LogP contribution in [0.3, 0.4) is 0 Å². The van der Waals surface area contributed by atoms with Crippen LogP contribution in [0.25, 0.3) is 10.8 Å². The first-order chi connectivity index (χ1) is 20.1. The van der Waals surface area contributed by atoms with E-state index in [0.717, 1.165) is 22.0 Å². The van der Waals surface area contributed by atoms with Crippen LogP contribution >= 0.6 is 0 Å². The molecule has 0 radical (unpaired) electrons. The van der Waals surface area contributed by atoms with Crippen molar-refractivity contribution in [3.63, 3.8) is 0 Å². The molecule has 3 atom stereocenters. The fraction of sp³-hybridized carbons (Fsp3) is 0.0882. The standard InChI is InChI=1S/C34H24N2O5/c37-32-29-30(23-18-20-26(21-19-23)40-34(39)24-11-3-1-4-12-24)36(25-14-5-2-6-15-25)41-31(29)33(38)35(32)28-17-9-13-22-10-7-8-16-27(22)28/h1-21,29-31H/t29-,30-,31-/m0/s1. The van der Waals surface area contributed by atoms with Gasteiger partial charge in [0.15, 0.2) is 6.10 Å². The van der Waals surface area contributed by atoms with Crippen molar-refractivity contribution in [1.29, 1.82) is 0 Å². The van der Waals surface area contributed by atoms with Crippen LogP contribution in [0.5, 0.6) is 5.75 Å². The Bertz CT molecular complexity index is 1770. The molecule has 0 spiro atoms. The molecule has 2 saturated heterocycles. The van der Waals surface area contributed by atoms with E-state index in [0.29, 0.717) is 17.0 Å². The van der Waals surface area contributed by atoms with Crippen LogP contribution in [-0.4, -0.2) is 23.9 Å². The first-order valence-corrected chi connectivity index (χ1v) is 13.3. The van der Waals surface area contributed by atoms with Gasteiger partial charge in [0, 0.05) is 5.39 Å². The van der Waals surface area contributed by atoms with Crippen LogP contribution in [0.2, 0.25) is 0 Å². The summed E-state index contributed by atoms with van der Waals surface area (Å²) < 4.78 is 5.56. The fourth-order valence-corrected chi connectivity index (χ4v) is 5.67. The van der Waals surface area contributed by atoms with Crippen molar-refractivity contribution in [2.75, 3.05) is 9.96 Å². The molecule has 7 nitrogen and oxygen atoms in total. The lowest BCUT2D eigenvalue weighted by molar-refractivity contribution is -0.126. The number of nitrogens with zero attached hydrogens (tertiary/aromatic N) is 2. The van der Waals surface area contributed by atoms with Crippen LogP contribution in [0, 0.1) is 5.92 Å². The van der Waals surface area contributed by atoms with Gasteiger partial charge in [0.2, 0.25) is 5.91 Å². The summed E-state index contributed by atoms with van der Waals surface area (Å²) in [5, 5.41) is 3.40. The average Bonchev–Trinajstić information content (AvgIpc) is 3.53. The number of hydroxylamine groups is 1. The number of benzene rings is 5. The molecular formula is C34H24N2O5. The number of hydrogen-bond acceptors (Lipinski definition) is 6. The summed E-state index contributed by atoms with van der Waals surface area (Å²) in [5.74, 6) is -1.58. The lowest BCUT2D eigenvalue weighted by atomic mass is 9.90. The molecule has 5 aromatic rings. The largest absolute Gasteiger partial charge is 0.423 e. The van der Waals surface area contributed by atoms with Gasteiger partial charge in [-0.25, -0.2) is 14.8 Å². The van der Waals surface area contributed by atoms with E-state index in [1.165, 1.54) is 4.90 Å². The zero-order valence-electron chi connectivity index (χ0n) is 21.8. The van der Waals surface area contributed by atoms with E-state index >= 15 is 0 Å². The van der Waals surface area contributed by atoms with Crippen molar-refractivity contribution in [2.45, 2.75) is 12.1 Å². The normalized spacial score (nSPS) is 20.0. The Balaban J connectivity index is 1.24. The Morgan fingerprint density at radius 2 is 1.34 bits per heavy atom. The number of carbonyl (C=O) groups is 3. The van der Waals surface area contributed by atoms with Crippen molar-refractivity contribution >= 4 is 39.9 Å². The summed E-state index contributed by atoms with van der Waals surface area (Å²) in [6, 6.07) is 37.8. The summed E-state index contributed by atoms with van der Waals surface area (Å²) in [7, 11) is 0. The summed E-state index contributed by atoms with van der Waals surface area (Å²) in [4.78, 5) is 48.0. The third kappa shape index (κ3) is 4.23. The predicted octanol–water partition coefficient (Wildman–Crippen LogP) is 6.11. The SMILES string of the molecule is O=C(Oc1ccc([C@H]2[C@@H]3C(=O)N(c4cccc5ccccc45)C(=O)[C@H]3ON2c2ccccc2)cc1)c1ccccc1. The van der Waals surface area contributed by atoms with Gasteiger partial charge in [0.25, 0.3) is 5.91 Å². The second kappa shape index (κ2) is 10.0. The molecule has 41 heavy (non-hydrogen) atoms. The average molecular weight is 541 g/mol. The summed E-state index contributed by atoms with van der Waals surface area (Å²) in [6.45, 7) is 0. The molecule has 2 fully saturated rings. The smallest absolute Gasteiger partial charge is 0.343 e. The highest BCUT2D eigenvalue weighted by molar-refractivity contribution is 6.26. The fourth-order valence-electron chi connectivity index (χ4n) is 5.67. The van der Waals surface area contributed by atoms with E-state index < -0.39 is 29.9 Å². The number of anilines is 2. The summed E-state index contributed by atoms with van der Waals surface area (Å²) in [6.07, 6.45) is -0.984. The van der Waals surface area contributed by atoms with Crippen LogP contribution in [0.4, 0.5) is 11.4 Å². The Morgan fingerprint density at radius 3 is 2.10 bits per heavy atom. The van der Waals surface area contributed by atoms with Gasteiger partial charge in [-0.3, -0.25) is 14.4 Å². The number of fused-ring (bicyclic) bond motifs is 2. The molecule has 200 valence electrons. The van der Waals surface area contributed by atoms with Crippen molar-refractivity contribution in [2.24, 2.45) is 5.92 Å². The highest BCUT2D eigenvalue weighted by Gasteiger charge is 2.60. The number of esters is 1. The highest BCUT2D eigenvalue weighted by atomic mass is 16.7. The summed E-state index contributed by atoms with van der Waals surface area (Å²) >= 11 is 0. The van der Waals surface area contributed by atoms with Crippen LogP contribution in [-0.2, 0) is 14.4 Å². The van der Waals surface area contributed by atoms with E-state index in [4.69, 9.17) is 9.57 Å². The quantitative estimate of drug-likeness (QED) is 0.152. The van der Waals surface area contributed by atoms with Crippen LogP contribution in [0.15, 0.2) is 127 Å². The third-order valence-electron chi connectivity index (χ3n) is 7.58. The van der Waals surface area contributed by atoms with Gasteiger partial charge in [-0.2, -0.15) is 0 Å². The highest BCUT2D eigenvalue weighted by Crippen LogP contribution is 2.48. The maximum atomic E-state index is 14.1. The topological polar surface area (TPSA) is 76.2 Å². The van der Waals surface area contributed by atoms with Crippen molar-refractivity contribution in [3.05, 3.63) is 139 Å². The van der Waals surface area contributed by atoms with Gasteiger partial charge in [0.05, 0.1) is 23.0 Å². The minimum atomic E-state index is -0.984. The van der Waals surface area contributed by atoms with E-state index in [9.17, 15) is 14.4 Å². The first-order valence-electron chi connectivity index (χ1n) is 13.3. The van der Waals surface area contributed by atoms with Gasteiger partial charge in [-0.1, -0.05) is 84.9 Å². The number of hydrogen-bond donors (Lipinski definition) is 0. The van der Waals surface area contributed by atoms with Crippen LogP contribution < -0.4 is 14.7 Å². The first kappa shape index (κ1) is 24.7. The Hall–Kier alpha value is -5.27. The zero-order valence-corrected chi connectivity index (χ0v) is 21.8. The van der Waals surface area contributed by atoms with E-state index in [1.54, 1.807) is 59.7 Å². The predicted molar refractivity (Wildman–Crippen MR) is 154 cm³/mol. The van der Waals surface area contributed by atoms with Crippen molar-refractivity contribution in [1.82, 2.24) is 0 Å². The Kier molecular flexibility index (Phi) is 6.06. The zero-order chi connectivity index (χ0) is 27.9. The molecule has 0 N–H and O–H groups in total. The number of ether oxygens (including phenoxy) is 1. The molecule has 2 aliphatic heterocycles. The molecule has 0 aromatic heterocycles. The molecule has 2 heterocycles. The van der Waals surface area contributed by atoms with Gasteiger partial charge < -0.3 is 4.74 Å². The summed E-state index contributed by atoms with van der Waals surface area (Å²) in [5.41, 5.74) is 2.47. The number of amides is 2. The van der Waals surface area contributed by atoms with Gasteiger partial charge in [0.1, 0.15) is 11.7 Å². The molecular weight excluding hydrogens is 516 g/mol.